The maximum Gasteiger partial charge on any atom is 0.405 e. The maximum absolute atomic E-state index is 12.0. The zero-order chi connectivity index (χ0) is 14.9. The molecule has 1 amide bonds. The van der Waals surface area contributed by atoms with Crippen molar-refractivity contribution in [1.29, 1.82) is 0 Å². The second-order valence-corrected chi connectivity index (χ2v) is 4.67. The molecule has 2 N–H and O–H groups in total. The molecule has 0 saturated heterocycles. The second-order valence-electron chi connectivity index (χ2n) is 4.67. The van der Waals surface area contributed by atoms with E-state index in [9.17, 15) is 18.0 Å². The smallest absolute Gasteiger partial charge is 0.343 e. The van der Waals surface area contributed by atoms with Crippen LogP contribution in [-0.4, -0.2) is 33.6 Å². The van der Waals surface area contributed by atoms with E-state index in [0.717, 1.165) is 0 Å². The minimum absolute atomic E-state index is 0.0562. The third kappa shape index (κ3) is 3.25. The number of imidazole rings is 1. The summed E-state index contributed by atoms with van der Waals surface area (Å²) in [5.41, 5.74) is 1.01. The number of H-pyrrole nitrogens is 1. The van der Waals surface area contributed by atoms with E-state index in [2.05, 4.69) is 15.0 Å². The summed E-state index contributed by atoms with van der Waals surface area (Å²) in [6, 6.07) is 1.44. The van der Waals surface area contributed by atoms with Crippen LogP contribution in [0.15, 0.2) is 12.3 Å². The van der Waals surface area contributed by atoms with Gasteiger partial charge < -0.3 is 10.3 Å². The predicted molar refractivity (Wildman–Crippen MR) is 66.4 cm³/mol. The van der Waals surface area contributed by atoms with Crippen LogP contribution in [0.4, 0.5) is 13.2 Å². The van der Waals surface area contributed by atoms with Crippen LogP contribution in [0.25, 0.3) is 11.2 Å². The molecule has 8 heteroatoms. The first-order valence-electron chi connectivity index (χ1n) is 5.97. The molecule has 0 fully saturated rings. The first-order chi connectivity index (χ1) is 9.26. The summed E-state index contributed by atoms with van der Waals surface area (Å²) >= 11 is 0. The van der Waals surface area contributed by atoms with Crippen molar-refractivity contribution in [3.63, 3.8) is 0 Å². The normalized spacial score (nSPS) is 12.1. The van der Waals surface area contributed by atoms with Crippen LogP contribution in [0.2, 0.25) is 0 Å². The van der Waals surface area contributed by atoms with Gasteiger partial charge in [-0.05, 0) is 6.07 Å². The summed E-state index contributed by atoms with van der Waals surface area (Å²) in [5.74, 6) is 0.0458. The fourth-order valence-corrected chi connectivity index (χ4v) is 1.60. The van der Waals surface area contributed by atoms with Gasteiger partial charge in [-0.3, -0.25) is 4.79 Å². The van der Waals surface area contributed by atoms with Gasteiger partial charge in [0.1, 0.15) is 12.4 Å². The Balaban J connectivity index is 2.20. The van der Waals surface area contributed by atoms with E-state index in [-0.39, 0.29) is 11.5 Å². The molecule has 0 aliphatic carbocycles. The van der Waals surface area contributed by atoms with Gasteiger partial charge in [-0.15, -0.1) is 0 Å². The molecule has 5 nitrogen and oxygen atoms in total. The highest BCUT2D eigenvalue weighted by Gasteiger charge is 2.28. The number of nitrogens with zero attached hydrogens (tertiary/aromatic N) is 2. The monoisotopic (exact) mass is 286 g/mol. The Morgan fingerprint density at radius 3 is 2.75 bits per heavy atom. The zero-order valence-electron chi connectivity index (χ0n) is 10.9. The van der Waals surface area contributed by atoms with E-state index in [1.54, 1.807) is 5.32 Å². The lowest BCUT2D eigenvalue weighted by Crippen LogP contribution is -2.33. The Morgan fingerprint density at radius 2 is 2.15 bits per heavy atom. The number of halogens is 3. The van der Waals surface area contributed by atoms with E-state index < -0.39 is 18.6 Å². The average Bonchev–Trinajstić information content (AvgIpc) is 2.77. The third-order valence-electron chi connectivity index (χ3n) is 2.61. The molecule has 0 radical (unpaired) electrons. The SMILES string of the molecule is CC(C)c1nc2ncc(C(=O)NCC(F)(F)F)cc2[nH]1. The predicted octanol–water partition coefficient (Wildman–Crippen LogP) is 2.37. The first kappa shape index (κ1) is 14.3. The molecular weight excluding hydrogens is 273 g/mol. The lowest BCUT2D eigenvalue weighted by molar-refractivity contribution is -0.123. The quantitative estimate of drug-likeness (QED) is 0.910. The number of carbonyl (C=O) groups is 1. The van der Waals surface area contributed by atoms with Gasteiger partial charge in [0.15, 0.2) is 5.65 Å². The highest BCUT2D eigenvalue weighted by Crippen LogP contribution is 2.17. The summed E-state index contributed by atoms with van der Waals surface area (Å²) in [4.78, 5) is 22.8. The van der Waals surface area contributed by atoms with Crippen molar-refractivity contribution in [2.24, 2.45) is 0 Å². The number of rotatable bonds is 3. The number of aromatic nitrogens is 3. The van der Waals surface area contributed by atoms with Crippen LogP contribution >= 0.6 is 0 Å². The van der Waals surface area contributed by atoms with E-state index in [4.69, 9.17) is 0 Å². The minimum Gasteiger partial charge on any atom is -0.343 e. The molecule has 2 aromatic heterocycles. The lowest BCUT2D eigenvalue weighted by atomic mass is 10.2. The van der Waals surface area contributed by atoms with Gasteiger partial charge in [0.05, 0.1) is 11.1 Å². The molecule has 0 aliphatic heterocycles. The molecule has 20 heavy (non-hydrogen) atoms. The number of amides is 1. The van der Waals surface area contributed by atoms with Crippen molar-refractivity contribution >= 4 is 17.1 Å². The molecule has 108 valence electrons. The number of carbonyl (C=O) groups excluding carboxylic acids is 1. The molecule has 0 aliphatic rings. The summed E-state index contributed by atoms with van der Waals surface area (Å²) in [7, 11) is 0. The first-order valence-corrected chi connectivity index (χ1v) is 5.97. The van der Waals surface area contributed by atoms with Crippen molar-refractivity contribution in [2.45, 2.75) is 25.9 Å². The minimum atomic E-state index is -4.44. The number of alkyl halides is 3. The lowest BCUT2D eigenvalue weighted by Gasteiger charge is -2.07. The highest BCUT2D eigenvalue weighted by atomic mass is 19.4. The van der Waals surface area contributed by atoms with E-state index in [0.29, 0.717) is 17.0 Å². The Kier molecular flexibility index (Phi) is 3.65. The zero-order valence-corrected chi connectivity index (χ0v) is 10.9. The number of pyridine rings is 1. The summed E-state index contributed by atoms with van der Waals surface area (Å²) < 4.78 is 36.1. The van der Waals surface area contributed by atoms with Crippen LogP contribution in [-0.2, 0) is 0 Å². The van der Waals surface area contributed by atoms with Gasteiger partial charge in [0.2, 0.25) is 0 Å². The number of fused-ring (bicyclic) bond motifs is 1. The summed E-state index contributed by atoms with van der Waals surface area (Å²) in [5, 5.41) is 1.79. The van der Waals surface area contributed by atoms with E-state index >= 15 is 0 Å². The van der Waals surface area contributed by atoms with Crippen LogP contribution in [0, 0.1) is 0 Å². The number of nitrogens with one attached hydrogen (secondary N) is 2. The topological polar surface area (TPSA) is 70.7 Å². The fraction of sp³-hybridized carbons (Fsp3) is 0.417. The molecule has 0 atom stereocenters. The highest BCUT2D eigenvalue weighted by molar-refractivity contribution is 5.96. The molecule has 0 unspecified atom stereocenters. The van der Waals surface area contributed by atoms with Gasteiger partial charge in [-0.25, -0.2) is 9.97 Å². The van der Waals surface area contributed by atoms with Crippen LogP contribution in [0.1, 0.15) is 35.9 Å². The van der Waals surface area contributed by atoms with Gasteiger partial charge in [0, 0.05) is 12.1 Å². The van der Waals surface area contributed by atoms with Gasteiger partial charge in [-0.2, -0.15) is 13.2 Å². The molecular formula is C12H13F3N4O. The molecule has 0 aromatic carbocycles. The standard InChI is InChI=1S/C12H13F3N4O/c1-6(2)9-18-8-3-7(4-16-10(8)19-9)11(20)17-5-12(13,14)15/h3-4,6H,5H2,1-2H3,(H,17,20)(H,16,18,19). The maximum atomic E-state index is 12.0. The Hall–Kier alpha value is -2.12. The molecule has 2 heterocycles. The number of aromatic amines is 1. The Morgan fingerprint density at radius 1 is 1.45 bits per heavy atom. The van der Waals surface area contributed by atoms with Crippen LogP contribution in [0.5, 0.6) is 0 Å². The average molecular weight is 286 g/mol. The molecule has 0 bridgehead atoms. The fourth-order valence-electron chi connectivity index (χ4n) is 1.60. The van der Waals surface area contributed by atoms with Crippen LogP contribution < -0.4 is 5.32 Å². The Bertz CT molecular complexity index is 633. The Labute approximate surface area is 112 Å². The van der Waals surface area contributed by atoms with Crippen molar-refractivity contribution in [3.8, 4) is 0 Å². The van der Waals surface area contributed by atoms with Crippen molar-refractivity contribution in [2.75, 3.05) is 6.54 Å². The van der Waals surface area contributed by atoms with Gasteiger partial charge in [0.25, 0.3) is 5.91 Å². The number of hydrogen-bond acceptors (Lipinski definition) is 3. The molecule has 2 aromatic rings. The van der Waals surface area contributed by atoms with E-state index in [1.165, 1.54) is 12.3 Å². The van der Waals surface area contributed by atoms with Crippen molar-refractivity contribution in [3.05, 3.63) is 23.7 Å². The van der Waals surface area contributed by atoms with Crippen LogP contribution in [0.3, 0.4) is 0 Å². The molecule has 0 saturated carbocycles. The van der Waals surface area contributed by atoms with E-state index in [1.807, 2.05) is 13.8 Å². The second kappa shape index (κ2) is 5.10. The van der Waals surface area contributed by atoms with Crippen molar-refractivity contribution < 1.29 is 18.0 Å². The number of hydrogen-bond donors (Lipinski definition) is 2. The largest absolute Gasteiger partial charge is 0.405 e. The van der Waals surface area contributed by atoms with Gasteiger partial charge >= 0.3 is 6.18 Å². The van der Waals surface area contributed by atoms with Gasteiger partial charge in [-0.1, -0.05) is 13.8 Å². The van der Waals surface area contributed by atoms with Crippen molar-refractivity contribution in [1.82, 2.24) is 20.3 Å². The summed E-state index contributed by atoms with van der Waals surface area (Å²) in [6.45, 7) is 2.51. The molecule has 2 rings (SSSR count). The molecule has 0 spiro atoms. The summed E-state index contributed by atoms with van der Waals surface area (Å²) in [6.07, 6.45) is -3.23. The third-order valence-corrected chi connectivity index (χ3v) is 2.61.